The van der Waals surface area contributed by atoms with Crippen molar-refractivity contribution in [2.75, 3.05) is 19.0 Å². The molecular weight excluding hydrogens is 264 g/mol. The van der Waals surface area contributed by atoms with E-state index in [1.165, 1.54) is 5.69 Å². The number of hydrogen-bond donors (Lipinski definition) is 0. The van der Waals surface area contributed by atoms with Gasteiger partial charge in [-0.25, -0.2) is 0 Å². The van der Waals surface area contributed by atoms with Crippen LogP contribution in [0, 0.1) is 0 Å². The first kappa shape index (κ1) is 9.57. The fourth-order valence-electron chi connectivity index (χ4n) is 0.912. The van der Waals surface area contributed by atoms with E-state index >= 15 is 0 Å². The molecule has 1 aromatic carbocycles. The van der Waals surface area contributed by atoms with Gasteiger partial charge in [-0.3, -0.25) is 0 Å². The molecule has 0 bridgehead atoms. The minimum atomic E-state index is 1.03. The molecule has 0 heterocycles. The van der Waals surface area contributed by atoms with Crippen LogP contribution >= 0.6 is 0 Å². The Labute approximate surface area is 86.2 Å². The van der Waals surface area contributed by atoms with Gasteiger partial charge in [-0.1, -0.05) is 0 Å². The Morgan fingerprint density at radius 3 is 2.42 bits per heavy atom. The molecule has 0 amide bonds. The van der Waals surface area contributed by atoms with Crippen LogP contribution in [0.3, 0.4) is 0 Å². The molecule has 1 aromatic rings. The second-order valence-corrected chi connectivity index (χ2v) is 3.44. The van der Waals surface area contributed by atoms with Crippen molar-refractivity contribution in [3.63, 3.8) is 0 Å². The first-order valence-electron chi connectivity index (χ1n) is 3.68. The van der Waals surface area contributed by atoms with Crippen LogP contribution in [-0.4, -0.2) is 40.3 Å². The standard InChI is InChI=1S/C9H11N2Te/c1-10-9(12)11(2)8-6-4-3-5-7-8/h3-7H,1-2H3. The second kappa shape index (κ2) is 4.49. The Kier molecular flexibility index (Phi) is 3.58. The first-order chi connectivity index (χ1) is 5.75. The van der Waals surface area contributed by atoms with Gasteiger partial charge in [-0.15, -0.1) is 0 Å². The summed E-state index contributed by atoms with van der Waals surface area (Å²) in [5.41, 5.74) is 1.17. The van der Waals surface area contributed by atoms with Crippen molar-refractivity contribution in [1.29, 1.82) is 0 Å². The van der Waals surface area contributed by atoms with E-state index in [1.54, 1.807) is 7.05 Å². The Hall–Kier alpha value is -0.520. The van der Waals surface area contributed by atoms with Gasteiger partial charge >= 0.3 is 86.2 Å². The number of anilines is 1. The van der Waals surface area contributed by atoms with Crippen LogP contribution in [0.5, 0.6) is 0 Å². The summed E-state index contributed by atoms with van der Waals surface area (Å²) in [6.07, 6.45) is 0. The van der Waals surface area contributed by atoms with E-state index in [4.69, 9.17) is 0 Å². The van der Waals surface area contributed by atoms with E-state index < -0.39 is 0 Å². The zero-order valence-corrected chi connectivity index (χ0v) is 9.52. The third-order valence-corrected chi connectivity index (χ3v) is 2.92. The van der Waals surface area contributed by atoms with Crippen LogP contribution in [0.1, 0.15) is 0 Å². The van der Waals surface area contributed by atoms with E-state index in [9.17, 15) is 0 Å². The van der Waals surface area contributed by atoms with Gasteiger partial charge in [0.15, 0.2) is 0 Å². The van der Waals surface area contributed by atoms with Gasteiger partial charge in [0.25, 0.3) is 0 Å². The van der Waals surface area contributed by atoms with E-state index in [1.807, 2.05) is 47.5 Å². The molecule has 0 aromatic heterocycles. The number of nitrogens with zero attached hydrogens (tertiary/aromatic N) is 2. The minimum absolute atomic E-state index is 1.03. The summed E-state index contributed by atoms with van der Waals surface area (Å²) in [4.78, 5) is 6.17. The number of amidine groups is 1. The molecule has 2 nitrogen and oxygen atoms in total. The van der Waals surface area contributed by atoms with E-state index in [0.29, 0.717) is 0 Å². The van der Waals surface area contributed by atoms with Gasteiger partial charge in [0, 0.05) is 0 Å². The molecule has 0 aliphatic rings. The molecule has 0 saturated heterocycles. The first-order valence-corrected chi connectivity index (χ1v) is 4.85. The van der Waals surface area contributed by atoms with Gasteiger partial charge in [0.05, 0.1) is 0 Å². The Morgan fingerprint density at radius 2 is 1.92 bits per heavy atom. The summed E-state index contributed by atoms with van der Waals surface area (Å²) < 4.78 is 1.03. The molecule has 0 saturated carbocycles. The molecule has 0 atom stereocenters. The molecular formula is C9H11N2Te. The molecule has 0 N–H and O–H groups in total. The van der Waals surface area contributed by atoms with Crippen LogP contribution in [0.15, 0.2) is 35.3 Å². The summed E-state index contributed by atoms with van der Waals surface area (Å²) in [5.74, 6) is 0. The maximum absolute atomic E-state index is 4.11. The molecule has 0 fully saturated rings. The maximum atomic E-state index is 4.11. The number of para-hydroxylation sites is 1. The van der Waals surface area contributed by atoms with E-state index in [2.05, 4.69) is 22.0 Å². The zero-order valence-electron chi connectivity index (χ0n) is 7.19. The third-order valence-electron chi connectivity index (χ3n) is 1.62. The fourth-order valence-corrected chi connectivity index (χ4v) is 1.21. The molecule has 0 spiro atoms. The van der Waals surface area contributed by atoms with Crippen molar-refractivity contribution >= 4 is 31.9 Å². The van der Waals surface area contributed by atoms with Crippen molar-refractivity contribution < 1.29 is 0 Å². The third kappa shape index (κ3) is 2.23. The van der Waals surface area contributed by atoms with E-state index in [-0.39, 0.29) is 0 Å². The molecule has 1 radical (unpaired) electrons. The summed E-state index contributed by atoms with van der Waals surface area (Å²) in [7, 11) is 3.82. The normalized spacial score (nSPS) is 11.3. The van der Waals surface area contributed by atoms with E-state index in [0.717, 1.165) is 3.88 Å². The van der Waals surface area contributed by atoms with Crippen molar-refractivity contribution in [3.05, 3.63) is 30.3 Å². The molecule has 63 valence electrons. The van der Waals surface area contributed by atoms with Gasteiger partial charge in [-0.05, 0) is 0 Å². The molecule has 1 rings (SSSR count). The van der Waals surface area contributed by atoms with Gasteiger partial charge in [0.2, 0.25) is 0 Å². The number of hydrogen-bond acceptors (Lipinski definition) is 1. The molecule has 0 aliphatic carbocycles. The van der Waals surface area contributed by atoms with Gasteiger partial charge in [0.1, 0.15) is 0 Å². The molecule has 0 aliphatic heterocycles. The number of benzene rings is 1. The fraction of sp³-hybridized carbons (Fsp3) is 0.222. The van der Waals surface area contributed by atoms with Crippen molar-refractivity contribution in [2.45, 2.75) is 0 Å². The number of rotatable bonds is 1. The quantitative estimate of drug-likeness (QED) is 0.428. The van der Waals surface area contributed by atoms with Crippen molar-refractivity contribution in [3.8, 4) is 0 Å². The average Bonchev–Trinajstić information content (AvgIpc) is 2.17. The van der Waals surface area contributed by atoms with Crippen LogP contribution in [0.4, 0.5) is 5.69 Å². The average molecular weight is 275 g/mol. The Bertz CT molecular complexity index is 269. The summed E-state index contributed by atoms with van der Waals surface area (Å²) in [6, 6.07) is 10.2. The van der Waals surface area contributed by atoms with Crippen LogP contribution < -0.4 is 4.90 Å². The summed E-state index contributed by atoms with van der Waals surface area (Å²) in [5, 5.41) is 0. The zero-order chi connectivity index (χ0) is 8.97. The molecule has 0 unspecified atom stereocenters. The SMILES string of the molecule is CN=C([Te])N(C)c1ccccc1. The van der Waals surface area contributed by atoms with Crippen LogP contribution in [-0.2, 0) is 0 Å². The molecule has 3 heteroatoms. The Balaban J connectivity index is 2.86. The topological polar surface area (TPSA) is 15.6 Å². The number of aliphatic imine (C=N–C) groups is 1. The summed E-state index contributed by atoms with van der Waals surface area (Å²) >= 11 is 1.92. The van der Waals surface area contributed by atoms with Gasteiger partial charge < -0.3 is 0 Å². The van der Waals surface area contributed by atoms with Crippen LogP contribution in [0.25, 0.3) is 0 Å². The van der Waals surface area contributed by atoms with Crippen LogP contribution in [0.2, 0.25) is 0 Å². The molecule has 12 heavy (non-hydrogen) atoms. The predicted octanol–water partition coefficient (Wildman–Crippen LogP) is 1.28. The predicted molar refractivity (Wildman–Crippen MR) is 54.0 cm³/mol. The Morgan fingerprint density at radius 1 is 1.33 bits per heavy atom. The monoisotopic (exact) mass is 277 g/mol. The summed E-state index contributed by atoms with van der Waals surface area (Å²) in [6.45, 7) is 0. The second-order valence-electron chi connectivity index (χ2n) is 2.40. The van der Waals surface area contributed by atoms with Crippen molar-refractivity contribution in [1.82, 2.24) is 0 Å². The van der Waals surface area contributed by atoms with Crippen molar-refractivity contribution in [2.24, 2.45) is 4.99 Å². The van der Waals surface area contributed by atoms with Gasteiger partial charge in [-0.2, -0.15) is 0 Å².